The van der Waals surface area contributed by atoms with E-state index in [1.54, 1.807) is 13.2 Å². The highest BCUT2D eigenvalue weighted by molar-refractivity contribution is 5.97. The van der Waals surface area contributed by atoms with Crippen molar-refractivity contribution < 1.29 is 19.1 Å². The molecular formula is C16H19N3O4. The Morgan fingerprint density at radius 1 is 1.26 bits per heavy atom. The smallest absolute Gasteiger partial charge is 0.325 e. The van der Waals surface area contributed by atoms with Crippen molar-refractivity contribution in [3.05, 3.63) is 41.6 Å². The number of hydrogen-bond donors (Lipinski definition) is 2. The van der Waals surface area contributed by atoms with Gasteiger partial charge in [-0.15, -0.1) is 0 Å². The molecule has 0 heterocycles. The van der Waals surface area contributed by atoms with Gasteiger partial charge in [-0.2, -0.15) is 5.26 Å². The maximum atomic E-state index is 11.8. The van der Waals surface area contributed by atoms with Crippen LogP contribution in [0.5, 0.6) is 5.75 Å². The van der Waals surface area contributed by atoms with Gasteiger partial charge >= 0.3 is 5.97 Å². The predicted octanol–water partition coefficient (Wildman–Crippen LogP) is 0.524. The van der Waals surface area contributed by atoms with Gasteiger partial charge in [0.25, 0.3) is 5.91 Å². The Kier molecular flexibility index (Phi) is 7.72. The second-order valence-corrected chi connectivity index (χ2v) is 4.48. The van der Waals surface area contributed by atoms with Gasteiger partial charge in [0.15, 0.2) is 0 Å². The molecule has 0 radical (unpaired) electrons. The van der Waals surface area contributed by atoms with Crippen LogP contribution in [0.2, 0.25) is 0 Å². The summed E-state index contributed by atoms with van der Waals surface area (Å²) in [5.41, 5.74) is 0.932. The molecule has 7 nitrogen and oxygen atoms in total. The topological polar surface area (TPSA) is 100 Å². The summed E-state index contributed by atoms with van der Waals surface area (Å²) in [6.07, 6.45) is 1.82. The number of rotatable bonds is 8. The number of hydrogen-bond acceptors (Lipinski definition) is 6. The Morgan fingerprint density at radius 3 is 2.52 bits per heavy atom. The molecule has 0 fully saturated rings. The van der Waals surface area contributed by atoms with Crippen molar-refractivity contribution in [2.75, 3.05) is 27.3 Å². The molecule has 0 aromatic heterocycles. The summed E-state index contributed by atoms with van der Waals surface area (Å²) in [5, 5.41) is 14.1. The molecule has 0 atom stereocenters. The van der Waals surface area contributed by atoms with Crippen molar-refractivity contribution >= 4 is 11.9 Å². The fourth-order valence-electron chi connectivity index (χ4n) is 1.66. The average molecular weight is 317 g/mol. The van der Waals surface area contributed by atoms with Crippen molar-refractivity contribution in [1.29, 1.82) is 5.26 Å². The second-order valence-electron chi connectivity index (χ2n) is 4.48. The first-order chi connectivity index (χ1) is 11.1. The number of esters is 1. The Hall–Kier alpha value is -3.01. The third-order valence-corrected chi connectivity index (χ3v) is 2.94. The van der Waals surface area contributed by atoms with Crippen LogP contribution in [0, 0.1) is 11.3 Å². The summed E-state index contributed by atoms with van der Waals surface area (Å²) in [5.74, 6) is -0.221. The van der Waals surface area contributed by atoms with E-state index in [2.05, 4.69) is 15.4 Å². The van der Waals surface area contributed by atoms with Gasteiger partial charge in [0.1, 0.15) is 23.9 Å². The number of nitrogens with zero attached hydrogens (tertiary/aromatic N) is 1. The number of nitrogens with one attached hydrogen (secondary N) is 2. The molecule has 1 amide bonds. The first-order valence-corrected chi connectivity index (χ1v) is 6.92. The minimum atomic E-state index is -0.502. The van der Waals surface area contributed by atoms with E-state index in [0.717, 1.165) is 11.3 Å². The summed E-state index contributed by atoms with van der Waals surface area (Å²) in [6, 6.07) is 9.27. The van der Waals surface area contributed by atoms with E-state index in [9.17, 15) is 9.59 Å². The van der Waals surface area contributed by atoms with E-state index in [-0.39, 0.29) is 12.1 Å². The van der Waals surface area contributed by atoms with Crippen LogP contribution < -0.4 is 15.4 Å². The third-order valence-electron chi connectivity index (χ3n) is 2.94. The van der Waals surface area contributed by atoms with Crippen molar-refractivity contribution in [1.82, 2.24) is 10.6 Å². The molecule has 23 heavy (non-hydrogen) atoms. The highest BCUT2D eigenvalue weighted by Gasteiger charge is 2.08. The summed E-state index contributed by atoms with van der Waals surface area (Å²) >= 11 is 0. The van der Waals surface area contributed by atoms with Crippen LogP contribution in [0.25, 0.3) is 0 Å². The molecule has 1 aromatic rings. The number of carbonyl (C=O) groups excluding carboxylic acids is 2. The van der Waals surface area contributed by atoms with E-state index < -0.39 is 11.9 Å². The molecule has 1 aromatic carbocycles. The number of amides is 1. The normalized spacial score (nSPS) is 10.4. The summed E-state index contributed by atoms with van der Waals surface area (Å²) < 4.78 is 9.50. The zero-order valence-corrected chi connectivity index (χ0v) is 13.1. The van der Waals surface area contributed by atoms with Gasteiger partial charge in [-0.1, -0.05) is 12.1 Å². The Balaban J connectivity index is 2.42. The molecule has 0 spiro atoms. The number of ether oxygens (including phenoxy) is 2. The maximum absolute atomic E-state index is 11.8. The molecule has 0 aliphatic rings. The number of carbonyl (C=O) groups is 2. The number of nitriles is 1. The zero-order valence-electron chi connectivity index (χ0n) is 13.1. The Labute approximate surface area is 134 Å². The highest BCUT2D eigenvalue weighted by atomic mass is 16.5. The monoisotopic (exact) mass is 317 g/mol. The Bertz CT molecular complexity index is 603. The SMILES string of the molecule is COC(=O)CN/C=C(/C#N)C(=O)NCCc1ccc(OC)cc1. The highest BCUT2D eigenvalue weighted by Crippen LogP contribution is 2.11. The van der Waals surface area contributed by atoms with Crippen LogP contribution >= 0.6 is 0 Å². The quantitative estimate of drug-likeness (QED) is 0.412. The molecule has 0 unspecified atom stereocenters. The van der Waals surface area contributed by atoms with E-state index in [1.807, 2.05) is 24.3 Å². The average Bonchev–Trinajstić information content (AvgIpc) is 2.58. The van der Waals surface area contributed by atoms with Crippen LogP contribution in [0.1, 0.15) is 5.56 Å². The largest absolute Gasteiger partial charge is 0.497 e. The lowest BCUT2D eigenvalue weighted by molar-refractivity contribution is -0.139. The van der Waals surface area contributed by atoms with Gasteiger partial charge in [0.05, 0.1) is 14.2 Å². The first-order valence-electron chi connectivity index (χ1n) is 6.92. The minimum Gasteiger partial charge on any atom is -0.497 e. The van der Waals surface area contributed by atoms with Crippen LogP contribution in [-0.4, -0.2) is 39.2 Å². The van der Waals surface area contributed by atoms with Crippen LogP contribution in [0.3, 0.4) is 0 Å². The van der Waals surface area contributed by atoms with Gasteiger partial charge in [0.2, 0.25) is 0 Å². The van der Waals surface area contributed by atoms with Crippen molar-refractivity contribution in [3.8, 4) is 11.8 Å². The fraction of sp³-hybridized carbons (Fsp3) is 0.312. The first kappa shape index (κ1) is 18.0. The van der Waals surface area contributed by atoms with Gasteiger partial charge in [-0.05, 0) is 24.1 Å². The minimum absolute atomic E-state index is 0.108. The lowest BCUT2D eigenvalue weighted by atomic mass is 10.1. The van der Waals surface area contributed by atoms with E-state index in [4.69, 9.17) is 10.00 Å². The van der Waals surface area contributed by atoms with Gasteiger partial charge in [-0.25, -0.2) is 0 Å². The van der Waals surface area contributed by atoms with Gasteiger partial charge < -0.3 is 20.1 Å². The van der Waals surface area contributed by atoms with Gasteiger partial charge in [0, 0.05) is 12.7 Å². The number of benzene rings is 1. The fourth-order valence-corrected chi connectivity index (χ4v) is 1.66. The number of methoxy groups -OCH3 is 2. The van der Waals surface area contributed by atoms with Crippen LogP contribution in [0.4, 0.5) is 0 Å². The zero-order chi connectivity index (χ0) is 17.1. The standard InChI is InChI=1S/C16H19N3O4/c1-22-14-5-3-12(4-6-14)7-8-19-16(21)13(9-17)10-18-11-15(20)23-2/h3-6,10,18H,7-8,11H2,1-2H3,(H,19,21)/b13-10-. The van der Waals surface area contributed by atoms with Crippen LogP contribution in [-0.2, 0) is 20.7 Å². The summed E-state index contributed by atoms with van der Waals surface area (Å²) in [4.78, 5) is 22.8. The van der Waals surface area contributed by atoms with E-state index >= 15 is 0 Å². The van der Waals surface area contributed by atoms with E-state index in [1.165, 1.54) is 13.3 Å². The molecule has 7 heteroatoms. The molecule has 0 aliphatic heterocycles. The molecule has 0 saturated carbocycles. The molecule has 0 aliphatic carbocycles. The molecule has 1 rings (SSSR count). The van der Waals surface area contributed by atoms with Crippen molar-refractivity contribution in [3.63, 3.8) is 0 Å². The maximum Gasteiger partial charge on any atom is 0.325 e. The predicted molar refractivity (Wildman–Crippen MR) is 83.4 cm³/mol. The summed E-state index contributed by atoms with van der Waals surface area (Å²) in [7, 11) is 2.85. The molecule has 122 valence electrons. The molecule has 0 saturated heterocycles. The molecule has 2 N–H and O–H groups in total. The van der Waals surface area contributed by atoms with Crippen LogP contribution in [0.15, 0.2) is 36.0 Å². The van der Waals surface area contributed by atoms with Gasteiger partial charge in [-0.3, -0.25) is 9.59 Å². The molecular weight excluding hydrogens is 298 g/mol. The lowest BCUT2D eigenvalue weighted by Crippen LogP contribution is -2.28. The second kappa shape index (κ2) is 9.84. The lowest BCUT2D eigenvalue weighted by Gasteiger charge is -2.06. The summed E-state index contributed by atoms with van der Waals surface area (Å²) in [6.45, 7) is 0.280. The third kappa shape index (κ3) is 6.52. The Morgan fingerprint density at radius 2 is 1.96 bits per heavy atom. The van der Waals surface area contributed by atoms with Crippen molar-refractivity contribution in [2.45, 2.75) is 6.42 Å². The van der Waals surface area contributed by atoms with Crippen molar-refractivity contribution in [2.24, 2.45) is 0 Å². The van der Waals surface area contributed by atoms with E-state index in [0.29, 0.717) is 13.0 Å². The molecule has 0 bridgehead atoms.